The minimum absolute atomic E-state index is 0.307. The fourth-order valence-corrected chi connectivity index (χ4v) is 2.71. The summed E-state index contributed by atoms with van der Waals surface area (Å²) in [5.41, 5.74) is 2.28. The monoisotopic (exact) mass is 295 g/mol. The van der Waals surface area contributed by atoms with E-state index in [9.17, 15) is 13.2 Å². The summed E-state index contributed by atoms with van der Waals surface area (Å²) in [4.78, 5) is 3.81. The number of aryl methyl sites for hydroxylation is 1. The van der Waals surface area contributed by atoms with Crippen molar-refractivity contribution in [1.82, 2.24) is 14.9 Å². The maximum absolute atomic E-state index is 13.2. The molecule has 1 aromatic heterocycles. The highest BCUT2D eigenvalue weighted by Gasteiger charge is 2.39. The molecule has 1 aliphatic heterocycles. The number of alkyl halides is 3. The van der Waals surface area contributed by atoms with Crippen LogP contribution in [0.4, 0.5) is 13.2 Å². The lowest BCUT2D eigenvalue weighted by Gasteiger charge is -2.17. The third-order valence-electron chi connectivity index (χ3n) is 3.71. The topological polar surface area (TPSA) is 29.9 Å². The second-order valence-corrected chi connectivity index (χ2v) is 5.14. The number of aromatic nitrogens is 2. The van der Waals surface area contributed by atoms with Gasteiger partial charge < -0.3 is 9.88 Å². The van der Waals surface area contributed by atoms with E-state index in [1.165, 1.54) is 4.57 Å². The van der Waals surface area contributed by atoms with Gasteiger partial charge in [0.05, 0.1) is 5.69 Å². The predicted octanol–water partition coefficient (Wildman–Crippen LogP) is 2.79. The van der Waals surface area contributed by atoms with Gasteiger partial charge in [-0.2, -0.15) is 13.2 Å². The third kappa shape index (κ3) is 2.95. The molecule has 0 aliphatic carbocycles. The Kier molecular flexibility index (Phi) is 3.71. The molecule has 0 radical (unpaired) electrons. The zero-order valence-corrected chi connectivity index (χ0v) is 11.5. The summed E-state index contributed by atoms with van der Waals surface area (Å²) < 4.78 is 40.8. The number of rotatable bonds is 3. The molecular weight excluding hydrogens is 279 g/mol. The van der Waals surface area contributed by atoms with Crippen LogP contribution in [0.3, 0.4) is 0 Å². The maximum atomic E-state index is 13.2. The molecule has 0 saturated heterocycles. The first-order valence-corrected chi connectivity index (χ1v) is 6.96. The largest absolute Gasteiger partial charge is 0.449 e. The van der Waals surface area contributed by atoms with Gasteiger partial charge in [-0.05, 0) is 12.0 Å². The van der Waals surface area contributed by atoms with E-state index >= 15 is 0 Å². The van der Waals surface area contributed by atoms with Crippen LogP contribution in [0.2, 0.25) is 0 Å². The molecule has 0 atom stereocenters. The van der Waals surface area contributed by atoms with Gasteiger partial charge >= 0.3 is 6.18 Å². The van der Waals surface area contributed by atoms with Crippen LogP contribution in [0.15, 0.2) is 30.3 Å². The van der Waals surface area contributed by atoms with Gasteiger partial charge in [0.15, 0.2) is 0 Å². The summed E-state index contributed by atoms with van der Waals surface area (Å²) in [6, 6.07) is 9.55. The van der Waals surface area contributed by atoms with Gasteiger partial charge in [0.2, 0.25) is 5.82 Å². The van der Waals surface area contributed by atoms with Crippen LogP contribution >= 0.6 is 0 Å². The van der Waals surface area contributed by atoms with E-state index in [1.807, 2.05) is 30.3 Å². The Morgan fingerprint density at radius 1 is 1.19 bits per heavy atom. The van der Waals surface area contributed by atoms with Crippen LogP contribution in [0.5, 0.6) is 0 Å². The molecule has 0 bridgehead atoms. The first-order valence-electron chi connectivity index (χ1n) is 6.96. The Balaban J connectivity index is 1.90. The lowest BCUT2D eigenvalue weighted by Crippen LogP contribution is -2.25. The molecule has 0 spiro atoms. The molecule has 0 unspecified atom stereocenters. The summed E-state index contributed by atoms with van der Waals surface area (Å²) in [6.07, 6.45) is -3.25. The van der Waals surface area contributed by atoms with E-state index in [0.29, 0.717) is 38.2 Å². The van der Waals surface area contributed by atoms with Gasteiger partial charge in [-0.15, -0.1) is 0 Å². The van der Waals surface area contributed by atoms with Gasteiger partial charge in [0.1, 0.15) is 0 Å². The molecule has 3 rings (SSSR count). The number of hydrogen-bond donors (Lipinski definition) is 1. The molecule has 6 heteroatoms. The number of hydrogen-bond acceptors (Lipinski definition) is 2. The fraction of sp³-hybridized carbons (Fsp3) is 0.400. The SMILES string of the molecule is FC(F)(F)c1nc2c(n1CCc1ccccc1)CCNC2. The first kappa shape index (κ1) is 14.1. The van der Waals surface area contributed by atoms with Crippen LogP contribution in [0, 0.1) is 0 Å². The van der Waals surface area contributed by atoms with E-state index in [0.717, 1.165) is 11.3 Å². The predicted molar refractivity (Wildman–Crippen MR) is 72.8 cm³/mol. The standard InChI is InChI=1S/C15H16F3N3/c16-15(17,18)14-20-12-10-19-8-6-13(12)21(14)9-7-11-4-2-1-3-5-11/h1-5,19H,6-10H2. The van der Waals surface area contributed by atoms with Crippen molar-refractivity contribution in [1.29, 1.82) is 0 Å². The van der Waals surface area contributed by atoms with E-state index in [2.05, 4.69) is 10.3 Å². The minimum atomic E-state index is -4.41. The van der Waals surface area contributed by atoms with E-state index in [-0.39, 0.29) is 0 Å². The van der Waals surface area contributed by atoms with Gasteiger partial charge in [0, 0.05) is 31.7 Å². The highest BCUT2D eigenvalue weighted by Crippen LogP contribution is 2.31. The van der Waals surface area contributed by atoms with Crippen molar-refractivity contribution in [3.8, 4) is 0 Å². The highest BCUT2D eigenvalue weighted by molar-refractivity contribution is 5.22. The van der Waals surface area contributed by atoms with Crippen molar-refractivity contribution in [2.75, 3.05) is 6.54 Å². The minimum Gasteiger partial charge on any atom is -0.324 e. The molecule has 0 fully saturated rings. The average Bonchev–Trinajstić information content (AvgIpc) is 2.85. The lowest BCUT2D eigenvalue weighted by molar-refractivity contribution is -0.147. The molecule has 21 heavy (non-hydrogen) atoms. The summed E-state index contributed by atoms with van der Waals surface area (Å²) in [6.45, 7) is 1.42. The molecule has 1 N–H and O–H groups in total. The average molecular weight is 295 g/mol. The summed E-state index contributed by atoms with van der Waals surface area (Å²) >= 11 is 0. The van der Waals surface area contributed by atoms with Crippen molar-refractivity contribution in [2.24, 2.45) is 0 Å². The number of nitrogens with one attached hydrogen (secondary N) is 1. The molecule has 3 nitrogen and oxygen atoms in total. The summed E-state index contributed by atoms with van der Waals surface area (Å²) in [7, 11) is 0. The van der Waals surface area contributed by atoms with Crippen LogP contribution in [0.1, 0.15) is 22.8 Å². The normalized spacial score (nSPS) is 15.0. The van der Waals surface area contributed by atoms with Crippen molar-refractivity contribution < 1.29 is 13.2 Å². The van der Waals surface area contributed by atoms with Gasteiger partial charge in [0.25, 0.3) is 0 Å². The summed E-state index contributed by atoms with van der Waals surface area (Å²) in [5, 5.41) is 3.06. The Morgan fingerprint density at radius 2 is 1.95 bits per heavy atom. The Labute approximate surface area is 120 Å². The number of nitrogens with zero attached hydrogens (tertiary/aromatic N) is 2. The first-order chi connectivity index (χ1) is 10.1. The molecule has 1 aliphatic rings. The number of fused-ring (bicyclic) bond motifs is 1. The number of halogens is 3. The van der Waals surface area contributed by atoms with Gasteiger partial charge in [-0.3, -0.25) is 0 Å². The zero-order valence-electron chi connectivity index (χ0n) is 11.5. The van der Waals surface area contributed by atoms with Crippen molar-refractivity contribution in [3.05, 3.63) is 53.1 Å². The fourth-order valence-electron chi connectivity index (χ4n) is 2.71. The molecule has 2 aromatic rings. The Morgan fingerprint density at radius 3 is 2.67 bits per heavy atom. The smallest absolute Gasteiger partial charge is 0.324 e. The quantitative estimate of drug-likeness (QED) is 0.943. The van der Waals surface area contributed by atoms with Gasteiger partial charge in [-0.1, -0.05) is 30.3 Å². The van der Waals surface area contributed by atoms with Gasteiger partial charge in [-0.25, -0.2) is 4.98 Å². The summed E-state index contributed by atoms with van der Waals surface area (Å²) in [5.74, 6) is -0.771. The van der Waals surface area contributed by atoms with Crippen molar-refractivity contribution in [3.63, 3.8) is 0 Å². The van der Waals surface area contributed by atoms with E-state index in [4.69, 9.17) is 0 Å². The highest BCUT2D eigenvalue weighted by atomic mass is 19.4. The molecule has 112 valence electrons. The zero-order chi connectivity index (χ0) is 14.9. The Bertz CT molecular complexity index is 617. The van der Waals surface area contributed by atoms with Crippen molar-refractivity contribution >= 4 is 0 Å². The molecule has 0 saturated carbocycles. The van der Waals surface area contributed by atoms with E-state index < -0.39 is 12.0 Å². The van der Waals surface area contributed by atoms with E-state index in [1.54, 1.807) is 0 Å². The lowest BCUT2D eigenvalue weighted by atomic mass is 10.1. The second-order valence-electron chi connectivity index (χ2n) is 5.14. The van der Waals surface area contributed by atoms with Crippen LogP contribution in [-0.2, 0) is 32.1 Å². The molecule has 1 aromatic carbocycles. The molecule has 2 heterocycles. The van der Waals surface area contributed by atoms with Crippen LogP contribution < -0.4 is 5.32 Å². The Hall–Kier alpha value is -1.82. The molecular formula is C15H16F3N3. The number of imidazole rings is 1. The molecule has 0 amide bonds. The van der Waals surface area contributed by atoms with Crippen LogP contribution in [0.25, 0.3) is 0 Å². The maximum Gasteiger partial charge on any atom is 0.449 e. The number of benzene rings is 1. The second kappa shape index (κ2) is 5.52. The van der Waals surface area contributed by atoms with Crippen LogP contribution in [-0.4, -0.2) is 16.1 Å². The third-order valence-corrected chi connectivity index (χ3v) is 3.71. The van der Waals surface area contributed by atoms with Crippen molar-refractivity contribution in [2.45, 2.75) is 32.1 Å².